The maximum Gasteiger partial charge on any atom is 1.00 e. The molecule has 19 heavy (non-hydrogen) atoms. The number of hydrogen-bond acceptors (Lipinski definition) is 5. The molecule has 0 saturated heterocycles. The Kier molecular flexibility index (Phi) is 5.95. The van der Waals surface area contributed by atoms with Crippen LogP contribution in [0.4, 0.5) is 5.95 Å². The van der Waals surface area contributed by atoms with Gasteiger partial charge >= 0.3 is 29.6 Å². The molecule has 0 saturated carbocycles. The summed E-state index contributed by atoms with van der Waals surface area (Å²) in [5.41, 5.74) is 1.50. The van der Waals surface area contributed by atoms with Gasteiger partial charge in [-0.15, -0.1) is 0 Å². The van der Waals surface area contributed by atoms with Crippen LogP contribution >= 0.6 is 0 Å². The van der Waals surface area contributed by atoms with Crippen molar-refractivity contribution in [3.63, 3.8) is 0 Å². The van der Waals surface area contributed by atoms with Crippen molar-refractivity contribution in [3.05, 3.63) is 53.3 Å². The molecule has 0 amide bonds. The number of nitrogens with one attached hydrogen (secondary N) is 1. The maximum atomic E-state index is 10.7. The maximum absolute atomic E-state index is 10.7. The van der Waals surface area contributed by atoms with Gasteiger partial charge in [-0.25, -0.2) is 9.97 Å². The van der Waals surface area contributed by atoms with E-state index in [9.17, 15) is 9.90 Å². The zero-order valence-electron chi connectivity index (χ0n) is 10.9. The van der Waals surface area contributed by atoms with Gasteiger partial charge in [0.15, 0.2) is 0 Å². The number of rotatable bonds is 4. The summed E-state index contributed by atoms with van der Waals surface area (Å²) < 4.78 is 0. The molecule has 0 bridgehead atoms. The topological polar surface area (TPSA) is 77.9 Å². The standard InChI is InChI=1S/C13H13N3O2.Na/c1-9-11(12(17)18)8-15-13(16-9)14-7-10-5-3-2-4-6-10;/h2-6,8H,7H2,1H3,(H,17,18)(H,14,15,16);/q;+1/p-1. The molecule has 0 aliphatic carbocycles. The number of carbonyl (C=O) groups excluding carboxylic acids is 1. The molecule has 92 valence electrons. The molecule has 6 heteroatoms. The summed E-state index contributed by atoms with van der Waals surface area (Å²) in [6.07, 6.45) is 1.25. The summed E-state index contributed by atoms with van der Waals surface area (Å²) in [7, 11) is 0. The first-order chi connectivity index (χ1) is 8.66. The SMILES string of the molecule is Cc1nc(NCc2ccccc2)ncc1C(=O)[O-].[Na+]. The molecular weight excluding hydrogens is 253 g/mol. The molecule has 0 radical (unpaired) electrons. The van der Waals surface area contributed by atoms with Crippen molar-refractivity contribution in [1.82, 2.24) is 9.97 Å². The van der Waals surface area contributed by atoms with E-state index in [1.54, 1.807) is 6.92 Å². The van der Waals surface area contributed by atoms with Gasteiger partial charge in [0.05, 0.1) is 11.7 Å². The molecule has 0 atom stereocenters. The number of anilines is 1. The predicted molar refractivity (Wildman–Crippen MR) is 64.9 cm³/mol. The normalized spacial score (nSPS) is 9.53. The minimum Gasteiger partial charge on any atom is -0.545 e. The zero-order valence-corrected chi connectivity index (χ0v) is 12.9. The van der Waals surface area contributed by atoms with Crippen LogP contribution in [-0.2, 0) is 6.54 Å². The summed E-state index contributed by atoms with van der Waals surface area (Å²) in [5, 5.41) is 13.7. The average Bonchev–Trinajstić information content (AvgIpc) is 2.37. The van der Waals surface area contributed by atoms with Gasteiger partial charge in [0.25, 0.3) is 0 Å². The monoisotopic (exact) mass is 265 g/mol. The van der Waals surface area contributed by atoms with E-state index in [2.05, 4.69) is 15.3 Å². The molecular formula is C13H12N3NaO2. The van der Waals surface area contributed by atoms with Crippen LogP contribution in [0.25, 0.3) is 0 Å². The summed E-state index contributed by atoms with van der Waals surface area (Å²) in [6, 6.07) is 9.80. The molecule has 1 heterocycles. The first kappa shape index (κ1) is 15.6. The van der Waals surface area contributed by atoms with Crippen molar-refractivity contribution in [1.29, 1.82) is 0 Å². The van der Waals surface area contributed by atoms with E-state index in [-0.39, 0.29) is 35.1 Å². The first-order valence-corrected chi connectivity index (χ1v) is 5.49. The van der Waals surface area contributed by atoms with Crippen LogP contribution in [-0.4, -0.2) is 15.9 Å². The van der Waals surface area contributed by atoms with Crippen LogP contribution < -0.4 is 40.0 Å². The number of benzene rings is 1. The zero-order chi connectivity index (χ0) is 13.0. The van der Waals surface area contributed by atoms with Gasteiger partial charge < -0.3 is 15.2 Å². The molecule has 0 aliphatic heterocycles. The molecule has 1 N–H and O–H groups in total. The Morgan fingerprint density at radius 3 is 2.58 bits per heavy atom. The van der Waals surface area contributed by atoms with Gasteiger partial charge in [0.2, 0.25) is 5.95 Å². The molecule has 1 aromatic heterocycles. The number of aryl methyl sites for hydroxylation is 1. The van der Waals surface area contributed by atoms with Crippen molar-refractivity contribution < 1.29 is 39.5 Å². The van der Waals surface area contributed by atoms with Gasteiger partial charge in [0, 0.05) is 18.3 Å². The van der Waals surface area contributed by atoms with Crippen molar-refractivity contribution in [2.75, 3.05) is 5.32 Å². The fourth-order valence-corrected chi connectivity index (χ4v) is 1.53. The Hall–Kier alpha value is -1.43. The second-order valence-corrected chi connectivity index (χ2v) is 3.82. The third kappa shape index (κ3) is 4.31. The molecule has 0 spiro atoms. The molecule has 0 unspecified atom stereocenters. The number of carboxylic acid groups (broad SMARTS) is 1. The molecule has 2 aromatic rings. The quantitative estimate of drug-likeness (QED) is 0.633. The van der Waals surface area contributed by atoms with Crippen LogP contribution in [0.15, 0.2) is 36.5 Å². The summed E-state index contributed by atoms with van der Waals surface area (Å²) in [6.45, 7) is 2.20. The number of carboxylic acids is 1. The predicted octanol–water partition coefficient (Wildman–Crippen LogP) is -2.24. The van der Waals surface area contributed by atoms with Gasteiger partial charge in [-0.1, -0.05) is 30.3 Å². The molecule has 5 nitrogen and oxygen atoms in total. The Bertz CT molecular complexity index is 561. The number of aromatic nitrogens is 2. The van der Waals surface area contributed by atoms with Crippen LogP contribution in [0.1, 0.15) is 21.6 Å². The largest absolute Gasteiger partial charge is 1.00 e. The number of nitrogens with zero attached hydrogens (tertiary/aromatic N) is 2. The van der Waals surface area contributed by atoms with E-state index in [0.717, 1.165) is 5.56 Å². The molecule has 1 aromatic carbocycles. The fraction of sp³-hybridized carbons (Fsp3) is 0.154. The van der Waals surface area contributed by atoms with E-state index in [1.807, 2.05) is 30.3 Å². The Morgan fingerprint density at radius 2 is 2.00 bits per heavy atom. The van der Waals surface area contributed by atoms with Crippen molar-refractivity contribution in [3.8, 4) is 0 Å². The van der Waals surface area contributed by atoms with Crippen molar-refractivity contribution in [2.24, 2.45) is 0 Å². The third-order valence-electron chi connectivity index (χ3n) is 2.49. The summed E-state index contributed by atoms with van der Waals surface area (Å²) in [5.74, 6) is -0.858. The van der Waals surface area contributed by atoms with Gasteiger partial charge in [0.1, 0.15) is 0 Å². The Balaban J connectivity index is 0.00000180. The van der Waals surface area contributed by atoms with Crippen molar-refractivity contribution >= 4 is 11.9 Å². The molecule has 0 fully saturated rings. The van der Waals surface area contributed by atoms with Crippen molar-refractivity contribution in [2.45, 2.75) is 13.5 Å². The average molecular weight is 265 g/mol. The second-order valence-electron chi connectivity index (χ2n) is 3.82. The first-order valence-electron chi connectivity index (χ1n) is 5.49. The summed E-state index contributed by atoms with van der Waals surface area (Å²) >= 11 is 0. The fourth-order valence-electron chi connectivity index (χ4n) is 1.53. The van der Waals surface area contributed by atoms with Crippen LogP contribution in [0.2, 0.25) is 0 Å². The van der Waals surface area contributed by atoms with Gasteiger partial charge in [-0.3, -0.25) is 0 Å². The molecule has 0 aliphatic rings. The van der Waals surface area contributed by atoms with Crippen LogP contribution in [0.3, 0.4) is 0 Å². The number of hydrogen-bond donors (Lipinski definition) is 1. The van der Waals surface area contributed by atoms with Gasteiger partial charge in [-0.05, 0) is 12.5 Å². The van der Waals surface area contributed by atoms with Gasteiger partial charge in [-0.2, -0.15) is 0 Å². The van der Waals surface area contributed by atoms with E-state index >= 15 is 0 Å². The number of carbonyl (C=O) groups is 1. The van der Waals surface area contributed by atoms with E-state index in [0.29, 0.717) is 18.2 Å². The van der Waals surface area contributed by atoms with E-state index in [1.165, 1.54) is 6.20 Å². The third-order valence-corrected chi connectivity index (χ3v) is 2.49. The minimum absolute atomic E-state index is 0. The number of aromatic carboxylic acids is 1. The smallest absolute Gasteiger partial charge is 0.545 e. The Morgan fingerprint density at radius 1 is 1.32 bits per heavy atom. The molecule has 2 rings (SSSR count). The summed E-state index contributed by atoms with van der Waals surface area (Å²) in [4.78, 5) is 18.7. The minimum atomic E-state index is -1.26. The second kappa shape index (κ2) is 7.23. The van der Waals surface area contributed by atoms with E-state index in [4.69, 9.17) is 0 Å². The van der Waals surface area contributed by atoms with Crippen LogP contribution in [0, 0.1) is 6.92 Å². The Labute approximate surface area is 133 Å². The van der Waals surface area contributed by atoms with E-state index < -0.39 is 5.97 Å². The van der Waals surface area contributed by atoms with Crippen LogP contribution in [0.5, 0.6) is 0 Å².